The highest BCUT2D eigenvalue weighted by molar-refractivity contribution is 7.89. The topological polar surface area (TPSA) is 81.4 Å². The largest absolute Gasteiger partial charge is 0.493 e. The Hall–Kier alpha value is -1.89. The average Bonchev–Trinajstić information content (AvgIpc) is 2.59. The SMILES string of the molecule is C[C@H](NC[C@@H]1CCOc2ccccc21)c1ccc(S(N)(=O)=O)cc1. The number of hydrogen-bond donors (Lipinski definition) is 2. The maximum Gasteiger partial charge on any atom is 0.238 e. The second-order valence-electron chi connectivity index (χ2n) is 6.12. The number of nitrogens with one attached hydrogen (secondary N) is 1. The van der Waals surface area contributed by atoms with Crippen LogP contribution in [0.25, 0.3) is 0 Å². The Balaban J connectivity index is 1.65. The fourth-order valence-electron chi connectivity index (χ4n) is 3.01. The Bertz CT molecular complexity index is 803. The number of primary sulfonamides is 1. The molecule has 24 heavy (non-hydrogen) atoms. The van der Waals surface area contributed by atoms with E-state index in [1.165, 1.54) is 5.56 Å². The van der Waals surface area contributed by atoms with Crippen LogP contribution < -0.4 is 15.2 Å². The number of hydrogen-bond acceptors (Lipinski definition) is 4. The number of benzene rings is 2. The quantitative estimate of drug-likeness (QED) is 0.872. The summed E-state index contributed by atoms with van der Waals surface area (Å²) in [4.78, 5) is 0.136. The van der Waals surface area contributed by atoms with Crippen LogP contribution in [0.5, 0.6) is 5.75 Å². The molecule has 0 amide bonds. The summed E-state index contributed by atoms with van der Waals surface area (Å²) in [7, 11) is -3.64. The minimum absolute atomic E-state index is 0.120. The van der Waals surface area contributed by atoms with Gasteiger partial charge in [-0.05, 0) is 42.7 Å². The zero-order valence-electron chi connectivity index (χ0n) is 13.6. The van der Waals surface area contributed by atoms with Gasteiger partial charge in [0.05, 0.1) is 11.5 Å². The molecule has 0 saturated carbocycles. The summed E-state index contributed by atoms with van der Waals surface area (Å²) >= 11 is 0. The lowest BCUT2D eigenvalue weighted by molar-refractivity contribution is 0.263. The lowest BCUT2D eigenvalue weighted by Crippen LogP contribution is -2.28. The Morgan fingerprint density at radius 3 is 2.62 bits per heavy atom. The highest BCUT2D eigenvalue weighted by Gasteiger charge is 2.21. The first kappa shape index (κ1) is 17.0. The summed E-state index contributed by atoms with van der Waals surface area (Å²) in [5.74, 6) is 1.39. The molecule has 0 bridgehead atoms. The van der Waals surface area contributed by atoms with E-state index in [4.69, 9.17) is 9.88 Å². The Morgan fingerprint density at radius 2 is 1.92 bits per heavy atom. The Kier molecular flexibility index (Phi) is 4.89. The van der Waals surface area contributed by atoms with Gasteiger partial charge in [-0.2, -0.15) is 0 Å². The van der Waals surface area contributed by atoms with Gasteiger partial charge in [-0.1, -0.05) is 30.3 Å². The minimum Gasteiger partial charge on any atom is -0.493 e. The van der Waals surface area contributed by atoms with Crippen molar-refractivity contribution in [1.82, 2.24) is 5.32 Å². The van der Waals surface area contributed by atoms with Gasteiger partial charge >= 0.3 is 0 Å². The second-order valence-corrected chi connectivity index (χ2v) is 7.68. The molecule has 128 valence electrons. The number of rotatable bonds is 5. The van der Waals surface area contributed by atoms with Gasteiger partial charge in [0.15, 0.2) is 0 Å². The number of fused-ring (bicyclic) bond motifs is 1. The third kappa shape index (κ3) is 3.77. The molecule has 2 aromatic rings. The first-order valence-electron chi connectivity index (χ1n) is 8.03. The van der Waals surface area contributed by atoms with E-state index in [0.29, 0.717) is 5.92 Å². The van der Waals surface area contributed by atoms with Crippen molar-refractivity contribution in [2.75, 3.05) is 13.2 Å². The molecule has 0 aromatic heterocycles. The van der Waals surface area contributed by atoms with Gasteiger partial charge in [0.1, 0.15) is 5.75 Å². The monoisotopic (exact) mass is 346 g/mol. The van der Waals surface area contributed by atoms with Gasteiger partial charge in [-0.15, -0.1) is 0 Å². The molecule has 0 fully saturated rings. The molecule has 0 saturated heterocycles. The Morgan fingerprint density at radius 1 is 1.21 bits per heavy atom. The van der Waals surface area contributed by atoms with Crippen molar-refractivity contribution >= 4 is 10.0 Å². The summed E-state index contributed by atoms with van der Waals surface area (Å²) in [5, 5.41) is 8.66. The molecule has 0 radical (unpaired) electrons. The fraction of sp³-hybridized carbons (Fsp3) is 0.333. The molecule has 0 spiro atoms. The van der Waals surface area contributed by atoms with Gasteiger partial charge in [0, 0.05) is 18.5 Å². The molecule has 2 aromatic carbocycles. The summed E-state index contributed by atoms with van der Waals surface area (Å²) in [6, 6.07) is 15.0. The maximum atomic E-state index is 11.3. The highest BCUT2D eigenvalue weighted by Crippen LogP contribution is 2.33. The lowest BCUT2D eigenvalue weighted by atomic mass is 9.92. The summed E-state index contributed by atoms with van der Waals surface area (Å²) in [6.45, 7) is 3.65. The van der Waals surface area contributed by atoms with Gasteiger partial charge in [0.25, 0.3) is 0 Å². The third-order valence-electron chi connectivity index (χ3n) is 4.46. The Labute approximate surface area is 142 Å². The fourth-order valence-corrected chi connectivity index (χ4v) is 3.53. The molecular weight excluding hydrogens is 324 g/mol. The van der Waals surface area contributed by atoms with Crippen molar-refractivity contribution in [2.24, 2.45) is 5.14 Å². The van der Waals surface area contributed by atoms with Crippen LogP contribution in [-0.2, 0) is 10.0 Å². The van der Waals surface area contributed by atoms with Crippen molar-refractivity contribution < 1.29 is 13.2 Å². The van der Waals surface area contributed by atoms with Crippen LogP contribution in [0.4, 0.5) is 0 Å². The number of nitrogens with two attached hydrogens (primary N) is 1. The van der Waals surface area contributed by atoms with Crippen molar-refractivity contribution in [3.05, 3.63) is 59.7 Å². The van der Waals surface area contributed by atoms with Crippen LogP contribution in [0.15, 0.2) is 53.4 Å². The zero-order valence-corrected chi connectivity index (χ0v) is 14.4. The molecule has 3 rings (SSSR count). The van der Waals surface area contributed by atoms with Gasteiger partial charge < -0.3 is 10.1 Å². The van der Waals surface area contributed by atoms with Crippen LogP contribution in [0.2, 0.25) is 0 Å². The van der Waals surface area contributed by atoms with Crippen LogP contribution in [0.3, 0.4) is 0 Å². The molecule has 2 atom stereocenters. The predicted molar refractivity (Wildman–Crippen MR) is 93.5 cm³/mol. The summed E-state index contributed by atoms with van der Waals surface area (Å²) < 4.78 is 28.3. The van der Waals surface area contributed by atoms with Crippen LogP contribution in [-0.4, -0.2) is 21.6 Å². The maximum absolute atomic E-state index is 11.3. The van der Waals surface area contributed by atoms with E-state index in [2.05, 4.69) is 18.3 Å². The normalized spacial score (nSPS) is 18.5. The van der Waals surface area contributed by atoms with Gasteiger partial charge in [0.2, 0.25) is 10.0 Å². The number of sulfonamides is 1. The lowest BCUT2D eigenvalue weighted by Gasteiger charge is -2.27. The van der Waals surface area contributed by atoms with Gasteiger partial charge in [-0.3, -0.25) is 0 Å². The molecule has 1 aliphatic heterocycles. The summed E-state index contributed by atoms with van der Waals surface area (Å²) in [6.07, 6.45) is 0.987. The molecule has 5 nitrogen and oxygen atoms in total. The number of ether oxygens (including phenoxy) is 1. The molecule has 0 aliphatic carbocycles. The average molecular weight is 346 g/mol. The first-order valence-corrected chi connectivity index (χ1v) is 9.57. The standard InChI is InChI=1S/C18H22N2O3S/c1-13(14-6-8-16(9-7-14)24(19,21)22)20-12-15-10-11-23-18-5-3-2-4-17(15)18/h2-9,13,15,20H,10-12H2,1H3,(H2,19,21,22)/t13-,15-/m0/s1. The van der Waals surface area contributed by atoms with E-state index in [-0.39, 0.29) is 10.9 Å². The smallest absolute Gasteiger partial charge is 0.238 e. The van der Waals surface area contributed by atoms with E-state index in [1.54, 1.807) is 24.3 Å². The van der Waals surface area contributed by atoms with E-state index >= 15 is 0 Å². The zero-order chi connectivity index (χ0) is 17.2. The van der Waals surface area contributed by atoms with Crippen LogP contribution in [0.1, 0.15) is 36.4 Å². The third-order valence-corrected chi connectivity index (χ3v) is 5.39. The van der Waals surface area contributed by atoms with Crippen LogP contribution in [0, 0.1) is 0 Å². The van der Waals surface area contributed by atoms with E-state index in [1.807, 2.05) is 18.2 Å². The summed E-state index contributed by atoms with van der Waals surface area (Å²) in [5.41, 5.74) is 2.27. The van der Waals surface area contributed by atoms with E-state index < -0.39 is 10.0 Å². The van der Waals surface area contributed by atoms with Crippen molar-refractivity contribution in [1.29, 1.82) is 0 Å². The first-order chi connectivity index (χ1) is 11.4. The van der Waals surface area contributed by atoms with Gasteiger partial charge in [-0.25, -0.2) is 13.6 Å². The van der Waals surface area contributed by atoms with E-state index in [9.17, 15) is 8.42 Å². The van der Waals surface area contributed by atoms with Crippen molar-refractivity contribution in [3.63, 3.8) is 0 Å². The molecule has 1 aliphatic rings. The molecule has 3 N–H and O–H groups in total. The van der Waals surface area contributed by atoms with Crippen LogP contribution >= 0.6 is 0 Å². The molecule has 0 unspecified atom stereocenters. The predicted octanol–water partition coefficient (Wildman–Crippen LogP) is 2.55. The molecule has 6 heteroatoms. The molecular formula is C18H22N2O3S. The van der Waals surface area contributed by atoms with E-state index in [0.717, 1.165) is 30.9 Å². The van der Waals surface area contributed by atoms with Crippen molar-refractivity contribution in [3.8, 4) is 5.75 Å². The second kappa shape index (κ2) is 6.93. The highest BCUT2D eigenvalue weighted by atomic mass is 32.2. The molecule has 1 heterocycles. The van der Waals surface area contributed by atoms with Crippen molar-refractivity contribution in [2.45, 2.75) is 30.2 Å². The number of para-hydroxylation sites is 1. The minimum atomic E-state index is -3.64.